The van der Waals surface area contributed by atoms with Crippen LogP contribution in [-0.4, -0.2) is 46.5 Å². The van der Waals surface area contributed by atoms with Gasteiger partial charge in [0, 0.05) is 25.1 Å². The Hall–Kier alpha value is -1.95. The maximum absolute atomic E-state index is 5.63. The molecule has 6 heteroatoms. The van der Waals surface area contributed by atoms with E-state index in [1.54, 1.807) is 0 Å². The van der Waals surface area contributed by atoms with Crippen molar-refractivity contribution < 1.29 is 4.74 Å². The second kappa shape index (κ2) is 5.11. The summed E-state index contributed by atoms with van der Waals surface area (Å²) in [6.07, 6.45) is 3.57. The first-order chi connectivity index (χ1) is 10.4. The van der Waals surface area contributed by atoms with Gasteiger partial charge < -0.3 is 9.64 Å². The van der Waals surface area contributed by atoms with Gasteiger partial charge in [0.15, 0.2) is 0 Å². The van der Waals surface area contributed by atoms with Gasteiger partial charge in [-0.25, -0.2) is 0 Å². The van der Waals surface area contributed by atoms with Crippen molar-refractivity contribution in [1.82, 2.24) is 20.2 Å². The van der Waals surface area contributed by atoms with Gasteiger partial charge in [-0.2, -0.15) is 4.68 Å². The molecule has 0 bridgehead atoms. The Morgan fingerprint density at radius 2 is 2.05 bits per heavy atom. The second-order valence-electron chi connectivity index (χ2n) is 6.05. The number of benzene rings is 1. The van der Waals surface area contributed by atoms with Gasteiger partial charge in [-0.1, -0.05) is 23.3 Å². The zero-order valence-electron chi connectivity index (χ0n) is 12.0. The molecule has 0 N–H and O–H groups in total. The Labute approximate surface area is 123 Å². The van der Waals surface area contributed by atoms with E-state index in [1.807, 2.05) is 35.0 Å². The van der Waals surface area contributed by atoms with Gasteiger partial charge >= 0.3 is 0 Å². The van der Waals surface area contributed by atoms with Gasteiger partial charge in [-0.05, 0) is 41.8 Å². The summed E-state index contributed by atoms with van der Waals surface area (Å²) in [5.41, 5.74) is 1.30. The molecule has 2 saturated heterocycles. The molecule has 0 saturated carbocycles. The number of para-hydroxylation sites is 1. The van der Waals surface area contributed by atoms with Crippen LogP contribution >= 0.6 is 0 Å². The fourth-order valence-electron chi connectivity index (χ4n) is 3.47. The highest BCUT2D eigenvalue weighted by molar-refractivity contribution is 5.41. The van der Waals surface area contributed by atoms with E-state index in [2.05, 4.69) is 20.4 Å². The summed E-state index contributed by atoms with van der Waals surface area (Å²) < 4.78 is 7.46. The maximum Gasteiger partial charge on any atom is 0.250 e. The minimum atomic E-state index is 0.297. The van der Waals surface area contributed by atoms with Crippen LogP contribution in [0.3, 0.4) is 0 Å². The molecule has 6 nitrogen and oxygen atoms in total. The summed E-state index contributed by atoms with van der Waals surface area (Å²) in [6, 6.07) is 10.1. The van der Waals surface area contributed by atoms with E-state index >= 15 is 0 Å². The van der Waals surface area contributed by atoms with Crippen LogP contribution in [0, 0.1) is 5.41 Å². The molecule has 4 rings (SSSR count). The number of piperidine rings is 1. The lowest BCUT2D eigenvalue weighted by Gasteiger charge is -2.39. The first-order valence-corrected chi connectivity index (χ1v) is 7.53. The van der Waals surface area contributed by atoms with Crippen LogP contribution in [-0.2, 0) is 4.74 Å². The maximum atomic E-state index is 5.63. The summed E-state index contributed by atoms with van der Waals surface area (Å²) in [6.45, 7) is 3.75. The quantitative estimate of drug-likeness (QED) is 0.840. The number of rotatable bonds is 2. The first kappa shape index (κ1) is 12.8. The number of hydrogen-bond acceptors (Lipinski definition) is 5. The van der Waals surface area contributed by atoms with E-state index in [-0.39, 0.29) is 0 Å². The van der Waals surface area contributed by atoms with Crippen molar-refractivity contribution in [2.24, 2.45) is 5.41 Å². The molecule has 0 aliphatic carbocycles. The number of hydrogen-bond donors (Lipinski definition) is 0. The average molecular weight is 285 g/mol. The minimum absolute atomic E-state index is 0.297. The molecular formula is C15H19N5O. The highest BCUT2D eigenvalue weighted by atomic mass is 16.5. The Balaban J connectivity index is 1.64. The molecule has 2 fully saturated rings. The molecule has 2 aromatic rings. The third-order valence-corrected chi connectivity index (χ3v) is 4.58. The molecule has 1 atom stereocenters. The minimum Gasteiger partial charge on any atom is -0.381 e. The van der Waals surface area contributed by atoms with Gasteiger partial charge in [0.05, 0.1) is 12.3 Å². The zero-order valence-corrected chi connectivity index (χ0v) is 12.0. The normalized spacial score (nSPS) is 25.6. The molecular weight excluding hydrogens is 266 g/mol. The van der Waals surface area contributed by atoms with Crippen LogP contribution in [0.25, 0.3) is 5.69 Å². The second-order valence-corrected chi connectivity index (χ2v) is 6.05. The SMILES string of the molecule is c1ccc(-n2nnnc2N2CCCC3(CCOC3)C2)cc1. The van der Waals surface area contributed by atoms with E-state index in [1.165, 1.54) is 12.8 Å². The van der Waals surface area contributed by atoms with Crippen LogP contribution in [0.4, 0.5) is 5.95 Å². The predicted octanol–water partition coefficient (Wildman–Crippen LogP) is 1.67. The lowest BCUT2D eigenvalue weighted by molar-refractivity contribution is 0.139. The van der Waals surface area contributed by atoms with Gasteiger partial charge in [-0.3, -0.25) is 0 Å². The number of anilines is 1. The number of aromatic nitrogens is 4. The Morgan fingerprint density at radius 1 is 1.14 bits per heavy atom. The van der Waals surface area contributed by atoms with E-state index in [0.29, 0.717) is 5.41 Å². The van der Waals surface area contributed by atoms with Gasteiger partial charge in [0.2, 0.25) is 5.95 Å². The molecule has 1 spiro atoms. The van der Waals surface area contributed by atoms with Crippen molar-refractivity contribution in [3.63, 3.8) is 0 Å². The lowest BCUT2D eigenvalue weighted by Crippen LogP contribution is -2.44. The number of tetrazole rings is 1. The molecule has 1 unspecified atom stereocenters. The topological polar surface area (TPSA) is 56.1 Å². The van der Waals surface area contributed by atoms with Crippen molar-refractivity contribution in [3.05, 3.63) is 30.3 Å². The summed E-state index contributed by atoms with van der Waals surface area (Å²) in [7, 11) is 0. The fourth-order valence-corrected chi connectivity index (χ4v) is 3.47. The zero-order chi connectivity index (χ0) is 14.1. The monoisotopic (exact) mass is 285 g/mol. The summed E-state index contributed by atoms with van der Waals surface area (Å²) >= 11 is 0. The van der Waals surface area contributed by atoms with Crippen LogP contribution in [0.15, 0.2) is 30.3 Å². The standard InChI is InChI=1S/C15H19N5O/c1-2-5-13(6-3-1)20-14(16-17-18-20)19-9-4-7-15(11-19)8-10-21-12-15/h1-3,5-6H,4,7-12H2. The molecule has 0 amide bonds. The molecule has 3 heterocycles. The lowest BCUT2D eigenvalue weighted by atomic mass is 9.79. The smallest absolute Gasteiger partial charge is 0.250 e. The molecule has 0 radical (unpaired) electrons. The number of ether oxygens (including phenoxy) is 1. The molecule has 110 valence electrons. The predicted molar refractivity (Wildman–Crippen MR) is 78.5 cm³/mol. The van der Waals surface area contributed by atoms with Gasteiger partial charge in [0.25, 0.3) is 0 Å². The molecule has 21 heavy (non-hydrogen) atoms. The van der Waals surface area contributed by atoms with Crippen molar-refractivity contribution >= 4 is 5.95 Å². The molecule has 1 aromatic heterocycles. The van der Waals surface area contributed by atoms with Crippen LogP contribution < -0.4 is 4.90 Å². The average Bonchev–Trinajstić information content (AvgIpc) is 3.18. The molecule has 2 aliphatic heterocycles. The van der Waals surface area contributed by atoms with Crippen LogP contribution in [0.1, 0.15) is 19.3 Å². The first-order valence-electron chi connectivity index (χ1n) is 7.53. The van der Waals surface area contributed by atoms with Crippen LogP contribution in [0.2, 0.25) is 0 Å². The third kappa shape index (κ3) is 2.29. The van der Waals surface area contributed by atoms with E-state index in [0.717, 1.165) is 44.4 Å². The van der Waals surface area contributed by atoms with Crippen molar-refractivity contribution in [3.8, 4) is 5.69 Å². The highest BCUT2D eigenvalue weighted by Crippen LogP contribution is 2.38. The highest BCUT2D eigenvalue weighted by Gasteiger charge is 2.40. The van der Waals surface area contributed by atoms with Crippen molar-refractivity contribution in [2.45, 2.75) is 19.3 Å². The van der Waals surface area contributed by atoms with Crippen molar-refractivity contribution in [2.75, 3.05) is 31.2 Å². The number of nitrogens with zero attached hydrogens (tertiary/aromatic N) is 5. The van der Waals surface area contributed by atoms with E-state index in [9.17, 15) is 0 Å². The van der Waals surface area contributed by atoms with E-state index < -0.39 is 0 Å². The van der Waals surface area contributed by atoms with E-state index in [4.69, 9.17) is 4.74 Å². The summed E-state index contributed by atoms with van der Waals surface area (Å²) in [5, 5.41) is 12.3. The van der Waals surface area contributed by atoms with Crippen molar-refractivity contribution in [1.29, 1.82) is 0 Å². The Kier molecular flexibility index (Phi) is 3.11. The third-order valence-electron chi connectivity index (χ3n) is 4.58. The van der Waals surface area contributed by atoms with Gasteiger partial charge in [-0.15, -0.1) is 0 Å². The molecule has 1 aromatic carbocycles. The Bertz CT molecular complexity index is 606. The van der Waals surface area contributed by atoms with Crippen LogP contribution in [0.5, 0.6) is 0 Å². The van der Waals surface area contributed by atoms with Gasteiger partial charge in [0.1, 0.15) is 0 Å². The fraction of sp³-hybridized carbons (Fsp3) is 0.533. The summed E-state index contributed by atoms with van der Waals surface area (Å²) in [4.78, 5) is 2.31. The summed E-state index contributed by atoms with van der Waals surface area (Å²) in [5.74, 6) is 0.840. The Morgan fingerprint density at radius 3 is 2.86 bits per heavy atom. The molecule has 2 aliphatic rings. The largest absolute Gasteiger partial charge is 0.381 e.